The second kappa shape index (κ2) is 7.52. The van der Waals surface area contributed by atoms with Crippen molar-refractivity contribution in [1.82, 2.24) is 4.98 Å². The van der Waals surface area contributed by atoms with Gasteiger partial charge in [0.1, 0.15) is 11.1 Å². The van der Waals surface area contributed by atoms with Gasteiger partial charge in [-0.1, -0.05) is 0 Å². The van der Waals surface area contributed by atoms with Crippen LogP contribution in [0.25, 0.3) is 0 Å². The van der Waals surface area contributed by atoms with Crippen molar-refractivity contribution in [3.8, 4) is 5.75 Å². The summed E-state index contributed by atoms with van der Waals surface area (Å²) in [7, 11) is 0. The predicted molar refractivity (Wildman–Crippen MR) is 99.2 cm³/mol. The molecule has 134 valence electrons. The molecule has 8 nitrogen and oxygen atoms in total. The van der Waals surface area contributed by atoms with Gasteiger partial charge in [-0.2, -0.15) is 0 Å². The molecule has 26 heavy (non-hydrogen) atoms. The predicted octanol–water partition coefficient (Wildman–Crippen LogP) is 2.17. The Balaban J connectivity index is 1.69. The number of pyridine rings is 1. The quantitative estimate of drug-likeness (QED) is 0.740. The lowest BCUT2D eigenvalue weighted by molar-refractivity contribution is -0.123. The Hall–Kier alpha value is -2.94. The molecule has 0 fully saturated rings. The maximum absolute atomic E-state index is 12.3. The van der Waals surface area contributed by atoms with E-state index in [-0.39, 0.29) is 30.9 Å². The SMILES string of the molecule is CC(=O)Nc1ccc(NC(=O)CN2C(=O)COc3ccc(Br)nc32)cc1. The fourth-order valence-electron chi connectivity index (χ4n) is 2.40. The summed E-state index contributed by atoms with van der Waals surface area (Å²) in [5.41, 5.74) is 1.18. The highest BCUT2D eigenvalue weighted by atomic mass is 79.9. The van der Waals surface area contributed by atoms with Crippen molar-refractivity contribution < 1.29 is 19.1 Å². The van der Waals surface area contributed by atoms with Gasteiger partial charge in [0.2, 0.25) is 11.8 Å². The van der Waals surface area contributed by atoms with E-state index in [4.69, 9.17) is 4.74 Å². The number of halogens is 1. The normalized spacial score (nSPS) is 12.8. The molecule has 9 heteroatoms. The summed E-state index contributed by atoms with van der Waals surface area (Å²) in [6, 6.07) is 10.0. The van der Waals surface area contributed by atoms with Crippen molar-refractivity contribution in [3.05, 3.63) is 41.0 Å². The molecule has 1 aromatic heterocycles. The molecule has 0 saturated carbocycles. The lowest BCUT2D eigenvalue weighted by Gasteiger charge is -2.27. The van der Waals surface area contributed by atoms with Crippen LogP contribution in [0, 0.1) is 0 Å². The molecule has 2 heterocycles. The third-order valence-corrected chi connectivity index (χ3v) is 3.95. The molecule has 0 unspecified atom stereocenters. The van der Waals surface area contributed by atoms with Crippen molar-refractivity contribution in [2.45, 2.75) is 6.92 Å². The molecule has 2 N–H and O–H groups in total. The molecule has 0 spiro atoms. The van der Waals surface area contributed by atoms with Gasteiger partial charge in [-0.05, 0) is 52.3 Å². The number of hydrogen-bond acceptors (Lipinski definition) is 5. The van der Waals surface area contributed by atoms with Crippen molar-refractivity contribution in [2.75, 3.05) is 28.7 Å². The Morgan fingerprint density at radius 2 is 1.81 bits per heavy atom. The summed E-state index contributed by atoms with van der Waals surface area (Å²) in [6.07, 6.45) is 0. The number of nitrogens with one attached hydrogen (secondary N) is 2. The van der Waals surface area contributed by atoms with Crippen LogP contribution < -0.4 is 20.3 Å². The number of hydrogen-bond donors (Lipinski definition) is 2. The number of benzene rings is 1. The van der Waals surface area contributed by atoms with E-state index in [1.165, 1.54) is 11.8 Å². The van der Waals surface area contributed by atoms with E-state index in [1.54, 1.807) is 36.4 Å². The van der Waals surface area contributed by atoms with E-state index >= 15 is 0 Å². The minimum atomic E-state index is -0.375. The van der Waals surface area contributed by atoms with Crippen LogP contribution in [0.2, 0.25) is 0 Å². The molecule has 0 atom stereocenters. The van der Waals surface area contributed by atoms with Gasteiger partial charge in [0.15, 0.2) is 18.2 Å². The molecule has 1 aromatic carbocycles. The minimum Gasteiger partial charge on any atom is -0.480 e. The smallest absolute Gasteiger partial charge is 0.266 e. The van der Waals surface area contributed by atoms with Crippen molar-refractivity contribution in [1.29, 1.82) is 0 Å². The lowest BCUT2D eigenvalue weighted by atomic mass is 10.2. The van der Waals surface area contributed by atoms with E-state index in [0.29, 0.717) is 27.5 Å². The zero-order chi connectivity index (χ0) is 18.7. The number of nitrogens with zero attached hydrogens (tertiary/aromatic N) is 2. The van der Waals surface area contributed by atoms with Crippen molar-refractivity contribution in [3.63, 3.8) is 0 Å². The van der Waals surface area contributed by atoms with Crippen LogP contribution in [0.4, 0.5) is 17.2 Å². The third kappa shape index (κ3) is 4.17. The zero-order valence-electron chi connectivity index (χ0n) is 13.8. The summed E-state index contributed by atoms with van der Waals surface area (Å²) >= 11 is 3.25. The van der Waals surface area contributed by atoms with Gasteiger partial charge in [0.05, 0.1) is 0 Å². The van der Waals surface area contributed by atoms with Crippen LogP contribution in [0.5, 0.6) is 5.75 Å². The van der Waals surface area contributed by atoms with E-state index in [2.05, 4.69) is 31.5 Å². The Labute approximate surface area is 157 Å². The van der Waals surface area contributed by atoms with Gasteiger partial charge in [0.25, 0.3) is 5.91 Å². The minimum absolute atomic E-state index is 0.144. The molecule has 1 aliphatic heterocycles. The van der Waals surface area contributed by atoms with Gasteiger partial charge in [-0.25, -0.2) is 4.98 Å². The van der Waals surface area contributed by atoms with Gasteiger partial charge >= 0.3 is 0 Å². The summed E-state index contributed by atoms with van der Waals surface area (Å²) in [6.45, 7) is 1.08. The molecule has 3 rings (SSSR count). The Kier molecular flexibility index (Phi) is 5.17. The molecule has 0 saturated heterocycles. The number of amides is 3. The first kappa shape index (κ1) is 17.9. The molecular weight excluding hydrogens is 404 g/mol. The highest BCUT2D eigenvalue weighted by Gasteiger charge is 2.28. The monoisotopic (exact) mass is 418 g/mol. The second-order valence-corrected chi connectivity index (χ2v) is 6.34. The van der Waals surface area contributed by atoms with E-state index in [0.717, 1.165) is 0 Å². The largest absolute Gasteiger partial charge is 0.480 e. The van der Waals surface area contributed by atoms with Gasteiger partial charge in [-0.15, -0.1) is 0 Å². The zero-order valence-corrected chi connectivity index (χ0v) is 15.4. The lowest BCUT2D eigenvalue weighted by Crippen LogP contribution is -2.44. The summed E-state index contributed by atoms with van der Waals surface area (Å²) < 4.78 is 5.86. The fraction of sp³-hybridized carbons (Fsp3) is 0.176. The maximum atomic E-state index is 12.3. The van der Waals surface area contributed by atoms with Crippen LogP contribution in [0.15, 0.2) is 41.0 Å². The summed E-state index contributed by atoms with van der Waals surface area (Å²) in [5, 5.41) is 5.35. The van der Waals surface area contributed by atoms with Gasteiger partial charge in [0, 0.05) is 18.3 Å². The van der Waals surface area contributed by atoms with Crippen molar-refractivity contribution >= 4 is 50.8 Å². The Morgan fingerprint density at radius 1 is 1.15 bits per heavy atom. The summed E-state index contributed by atoms with van der Waals surface area (Å²) in [5.74, 6) is -0.156. The maximum Gasteiger partial charge on any atom is 0.266 e. The number of rotatable bonds is 4. The van der Waals surface area contributed by atoms with Crippen LogP contribution in [0.3, 0.4) is 0 Å². The van der Waals surface area contributed by atoms with Crippen LogP contribution in [-0.2, 0) is 14.4 Å². The topological polar surface area (TPSA) is 101 Å². The fourth-order valence-corrected chi connectivity index (χ4v) is 2.70. The Morgan fingerprint density at radius 3 is 2.46 bits per heavy atom. The number of fused-ring (bicyclic) bond motifs is 1. The number of ether oxygens (including phenoxy) is 1. The number of aromatic nitrogens is 1. The molecular formula is C17H15BrN4O4. The molecule has 0 aliphatic carbocycles. The first-order chi connectivity index (χ1) is 12.4. The van der Waals surface area contributed by atoms with Gasteiger partial charge < -0.3 is 15.4 Å². The third-order valence-electron chi connectivity index (χ3n) is 3.50. The van der Waals surface area contributed by atoms with Gasteiger partial charge in [-0.3, -0.25) is 19.3 Å². The van der Waals surface area contributed by atoms with Crippen LogP contribution >= 0.6 is 15.9 Å². The second-order valence-electron chi connectivity index (χ2n) is 5.53. The first-order valence-electron chi connectivity index (χ1n) is 7.69. The highest BCUT2D eigenvalue weighted by Crippen LogP contribution is 2.31. The molecule has 0 bridgehead atoms. The molecule has 3 amide bonds. The highest BCUT2D eigenvalue weighted by molar-refractivity contribution is 9.10. The molecule has 2 aromatic rings. The van der Waals surface area contributed by atoms with Crippen molar-refractivity contribution in [2.24, 2.45) is 0 Å². The number of carbonyl (C=O) groups is 3. The number of anilines is 3. The number of carbonyl (C=O) groups excluding carboxylic acids is 3. The average molecular weight is 419 g/mol. The average Bonchev–Trinajstić information content (AvgIpc) is 2.59. The van der Waals surface area contributed by atoms with E-state index in [9.17, 15) is 14.4 Å². The Bertz CT molecular complexity index is 870. The molecule has 0 radical (unpaired) electrons. The summed E-state index contributed by atoms with van der Waals surface area (Å²) in [4.78, 5) is 41.0. The van der Waals surface area contributed by atoms with Crippen LogP contribution in [0.1, 0.15) is 6.92 Å². The van der Waals surface area contributed by atoms with E-state index < -0.39 is 0 Å². The molecule has 1 aliphatic rings. The van der Waals surface area contributed by atoms with Crippen LogP contribution in [-0.4, -0.2) is 35.9 Å². The van der Waals surface area contributed by atoms with E-state index in [1.807, 2.05) is 0 Å². The standard InChI is InChI=1S/C17H15BrN4O4/c1-10(23)19-11-2-4-12(5-3-11)20-15(24)8-22-16(25)9-26-13-6-7-14(18)21-17(13)22/h2-7H,8-9H2,1H3,(H,19,23)(H,20,24). The first-order valence-corrected chi connectivity index (χ1v) is 8.49.